The van der Waals surface area contributed by atoms with E-state index in [1.165, 1.54) is 36.0 Å². The molecule has 0 spiro atoms. The SMILES string of the molecule is CC1=C(/C=C/C(C)=C/C=C/C(C)=C/C=C/C=C(C)/C=C/C=C(C)/C=C/C=C(\C)C(=O)O[C@@H]2OC(CO)[C@@H](O)C(O)C2O)C(C)(C)CCC1. The number of ether oxygens (including phenoxy) is 2. The van der Waals surface area contributed by atoms with Gasteiger partial charge in [0.15, 0.2) is 0 Å². The zero-order chi connectivity index (χ0) is 35.9. The van der Waals surface area contributed by atoms with E-state index in [0.717, 1.165) is 16.7 Å². The lowest BCUT2D eigenvalue weighted by Crippen LogP contribution is -2.59. The summed E-state index contributed by atoms with van der Waals surface area (Å²) in [6, 6.07) is 0. The fourth-order valence-electron chi connectivity index (χ4n) is 5.34. The Morgan fingerprint density at radius 3 is 1.79 bits per heavy atom. The molecule has 1 fully saturated rings. The lowest BCUT2D eigenvalue weighted by molar-refractivity contribution is -0.291. The molecule has 3 unspecified atom stereocenters. The van der Waals surface area contributed by atoms with Gasteiger partial charge in [-0.2, -0.15) is 0 Å². The fourth-order valence-corrected chi connectivity index (χ4v) is 5.34. The number of hydrogen-bond donors (Lipinski definition) is 4. The third kappa shape index (κ3) is 13.5. The van der Waals surface area contributed by atoms with Gasteiger partial charge < -0.3 is 29.9 Å². The van der Waals surface area contributed by atoms with Crippen LogP contribution in [-0.4, -0.2) is 63.7 Å². The number of esters is 1. The predicted octanol–water partition coefficient (Wildman–Crippen LogP) is 7.37. The lowest BCUT2D eigenvalue weighted by atomic mass is 9.72. The summed E-state index contributed by atoms with van der Waals surface area (Å²) >= 11 is 0. The standard InChI is InChI=1S/C41H56O7/c1-28(15-9-10-16-29(2)18-12-20-31(4)24-25-34-32(5)23-14-26-41(34,7)8)17-11-19-30(3)21-13-22-33(6)39(46)48-40-38(45)37(44)36(43)35(27-42)47-40/h9-13,15-22,24-25,35-38,40,42-45H,14,23,26-27H2,1-8H3/b10-9+,17-11+,18-12+,21-13+,25-24+,28-15+,29-16+,30-19+,31-20+,33-22+/t35?,36-,37?,38?,40+/m1/s1. The molecule has 1 heterocycles. The fraction of sp³-hybridized carbons (Fsp3) is 0.439. The molecule has 0 saturated carbocycles. The Kier molecular flexibility index (Phi) is 16.9. The number of rotatable bonds is 13. The van der Waals surface area contributed by atoms with E-state index in [2.05, 4.69) is 71.1 Å². The molecule has 5 atom stereocenters. The minimum atomic E-state index is -1.64. The van der Waals surface area contributed by atoms with Crippen molar-refractivity contribution >= 4 is 5.97 Å². The summed E-state index contributed by atoms with van der Waals surface area (Å²) in [6.07, 6.45) is 26.3. The highest BCUT2D eigenvalue weighted by molar-refractivity contribution is 5.88. The Morgan fingerprint density at radius 2 is 1.27 bits per heavy atom. The van der Waals surface area contributed by atoms with Gasteiger partial charge >= 0.3 is 5.97 Å². The minimum Gasteiger partial charge on any atom is -0.429 e. The van der Waals surface area contributed by atoms with Gasteiger partial charge in [0, 0.05) is 5.57 Å². The van der Waals surface area contributed by atoms with Crippen LogP contribution in [0.15, 0.2) is 130 Å². The molecule has 48 heavy (non-hydrogen) atoms. The summed E-state index contributed by atoms with van der Waals surface area (Å²) in [5, 5.41) is 39.0. The first kappa shape index (κ1) is 40.6. The second-order valence-electron chi connectivity index (χ2n) is 13.3. The molecule has 7 nitrogen and oxygen atoms in total. The summed E-state index contributed by atoms with van der Waals surface area (Å²) in [5.74, 6) is -0.762. The van der Waals surface area contributed by atoms with E-state index >= 15 is 0 Å². The molecule has 0 aromatic heterocycles. The highest BCUT2D eigenvalue weighted by atomic mass is 16.7. The van der Waals surface area contributed by atoms with Crippen molar-refractivity contribution in [3.8, 4) is 0 Å². The second kappa shape index (κ2) is 20.0. The van der Waals surface area contributed by atoms with Crippen LogP contribution in [-0.2, 0) is 14.3 Å². The van der Waals surface area contributed by atoms with Gasteiger partial charge in [0.2, 0.25) is 6.29 Å². The molecule has 1 saturated heterocycles. The van der Waals surface area contributed by atoms with E-state index in [1.807, 2.05) is 56.4 Å². The molecule has 2 aliphatic rings. The summed E-state index contributed by atoms with van der Waals surface area (Å²) in [6.45, 7) is 16.1. The van der Waals surface area contributed by atoms with Crippen molar-refractivity contribution in [1.82, 2.24) is 0 Å². The van der Waals surface area contributed by atoms with Crippen LogP contribution < -0.4 is 0 Å². The largest absolute Gasteiger partial charge is 0.429 e. The molecule has 2 rings (SSSR count). The number of aliphatic hydroxyl groups is 4. The number of carbonyl (C=O) groups is 1. The van der Waals surface area contributed by atoms with Crippen LogP contribution in [0, 0.1) is 5.41 Å². The van der Waals surface area contributed by atoms with Gasteiger partial charge in [-0.1, -0.05) is 133 Å². The van der Waals surface area contributed by atoms with E-state index < -0.39 is 43.3 Å². The molecule has 0 amide bonds. The third-order valence-electron chi connectivity index (χ3n) is 8.42. The van der Waals surface area contributed by atoms with E-state index in [0.29, 0.717) is 0 Å². The van der Waals surface area contributed by atoms with Crippen molar-refractivity contribution in [1.29, 1.82) is 0 Å². The van der Waals surface area contributed by atoms with Crippen molar-refractivity contribution in [2.45, 2.75) is 105 Å². The normalized spacial score (nSPS) is 27.1. The lowest BCUT2D eigenvalue weighted by Gasteiger charge is -2.39. The first-order valence-corrected chi connectivity index (χ1v) is 16.6. The van der Waals surface area contributed by atoms with Crippen LogP contribution in [0.2, 0.25) is 0 Å². The molecule has 0 bridgehead atoms. The van der Waals surface area contributed by atoms with Gasteiger partial charge in [-0.3, -0.25) is 0 Å². The van der Waals surface area contributed by atoms with Crippen molar-refractivity contribution in [3.63, 3.8) is 0 Å². The van der Waals surface area contributed by atoms with Gasteiger partial charge in [0.25, 0.3) is 0 Å². The molecule has 1 aliphatic heterocycles. The van der Waals surface area contributed by atoms with Crippen molar-refractivity contribution in [2.24, 2.45) is 5.41 Å². The Labute approximate surface area is 287 Å². The molecule has 7 heteroatoms. The van der Waals surface area contributed by atoms with Crippen LogP contribution in [0.25, 0.3) is 0 Å². The van der Waals surface area contributed by atoms with Crippen molar-refractivity contribution in [3.05, 3.63) is 130 Å². The summed E-state index contributed by atoms with van der Waals surface area (Å²) in [4.78, 5) is 12.4. The van der Waals surface area contributed by atoms with Crippen LogP contribution in [0.3, 0.4) is 0 Å². The highest BCUT2D eigenvalue weighted by Gasteiger charge is 2.45. The van der Waals surface area contributed by atoms with E-state index in [4.69, 9.17) is 9.47 Å². The summed E-state index contributed by atoms with van der Waals surface area (Å²) in [5.41, 5.74) is 7.91. The number of aliphatic hydroxyl groups excluding tert-OH is 4. The Morgan fingerprint density at radius 1 is 0.771 bits per heavy atom. The highest BCUT2D eigenvalue weighted by Crippen LogP contribution is 2.40. The van der Waals surface area contributed by atoms with E-state index in [9.17, 15) is 25.2 Å². The van der Waals surface area contributed by atoms with Crippen LogP contribution in [0.5, 0.6) is 0 Å². The maximum atomic E-state index is 12.4. The number of carbonyl (C=O) groups excluding carboxylic acids is 1. The smallest absolute Gasteiger partial charge is 0.336 e. The first-order valence-electron chi connectivity index (χ1n) is 16.6. The maximum absolute atomic E-state index is 12.4. The van der Waals surface area contributed by atoms with Gasteiger partial charge in [-0.05, 0) is 71.8 Å². The Bertz CT molecular complexity index is 1440. The van der Waals surface area contributed by atoms with E-state index in [1.54, 1.807) is 19.1 Å². The molecular formula is C41H56O7. The first-order chi connectivity index (χ1) is 22.7. The topological polar surface area (TPSA) is 116 Å². The number of hydrogen-bond acceptors (Lipinski definition) is 7. The zero-order valence-corrected chi connectivity index (χ0v) is 29.9. The molecular weight excluding hydrogens is 604 g/mol. The van der Waals surface area contributed by atoms with Gasteiger partial charge in [0.1, 0.15) is 24.4 Å². The van der Waals surface area contributed by atoms with Gasteiger partial charge in [-0.15, -0.1) is 0 Å². The molecule has 0 aromatic rings. The Balaban J connectivity index is 1.85. The number of allylic oxidation sites excluding steroid dienone is 21. The van der Waals surface area contributed by atoms with Crippen LogP contribution in [0.1, 0.15) is 74.7 Å². The molecule has 262 valence electrons. The van der Waals surface area contributed by atoms with Gasteiger partial charge in [-0.25, -0.2) is 4.79 Å². The second-order valence-corrected chi connectivity index (χ2v) is 13.3. The third-order valence-corrected chi connectivity index (χ3v) is 8.42. The molecule has 0 radical (unpaired) electrons. The predicted molar refractivity (Wildman–Crippen MR) is 195 cm³/mol. The van der Waals surface area contributed by atoms with Crippen LogP contribution >= 0.6 is 0 Å². The Hall–Kier alpha value is -3.59. The maximum Gasteiger partial charge on any atom is 0.336 e. The summed E-state index contributed by atoms with van der Waals surface area (Å²) in [7, 11) is 0. The zero-order valence-electron chi connectivity index (χ0n) is 29.9. The minimum absolute atomic E-state index is 0.239. The quantitative estimate of drug-likeness (QED) is 0.0926. The molecule has 0 aromatic carbocycles. The summed E-state index contributed by atoms with van der Waals surface area (Å²) < 4.78 is 10.3. The molecule has 4 N–H and O–H groups in total. The monoisotopic (exact) mass is 660 g/mol. The van der Waals surface area contributed by atoms with Crippen molar-refractivity contribution < 1.29 is 34.7 Å². The van der Waals surface area contributed by atoms with Gasteiger partial charge in [0.05, 0.1) is 6.61 Å². The van der Waals surface area contributed by atoms with E-state index in [-0.39, 0.29) is 11.0 Å². The van der Waals surface area contributed by atoms with Crippen molar-refractivity contribution in [2.75, 3.05) is 6.61 Å². The average molecular weight is 661 g/mol. The molecule has 1 aliphatic carbocycles. The van der Waals surface area contributed by atoms with Crippen LogP contribution in [0.4, 0.5) is 0 Å². The average Bonchev–Trinajstić information content (AvgIpc) is 3.02.